The van der Waals surface area contributed by atoms with E-state index in [1.54, 1.807) is 12.1 Å². The van der Waals surface area contributed by atoms with Gasteiger partial charge in [0.2, 0.25) is 5.82 Å². The van der Waals surface area contributed by atoms with E-state index in [0.29, 0.717) is 5.76 Å². The van der Waals surface area contributed by atoms with Gasteiger partial charge in [0, 0.05) is 29.8 Å². The fourth-order valence-electron chi connectivity index (χ4n) is 3.98. The number of aromatic amines is 1. The van der Waals surface area contributed by atoms with Crippen LogP contribution in [0.25, 0.3) is 17.1 Å². The Labute approximate surface area is 194 Å². The maximum Gasteiger partial charge on any atom is 0.305 e. The van der Waals surface area contributed by atoms with E-state index in [9.17, 15) is 23.7 Å². The molecular formula is C24H15F3N4O4. The molecule has 0 aliphatic carbocycles. The number of hydrogen-bond acceptors (Lipinski definition) is 5. The molecule has 0 atom stereocenters. The lowest BCUT2D eigenvalue weighted by Gasteiger charge is -2.17. The van der Waals surface area contributed by atoms with Crippen molar-refractivity contribution in [2.45, 2.75) is 12.8 Å². The Bertz CT molecular complexity index is 1570. The molecule has 176 valence electrons. The molecule has 3 heterocycles. The van der Waals surface area contributed by atoms with E-state index in [1.807, 2.05) is 0 Å². The van der Waals surface area contributed by atoms with Crippen LogP contribution in [0, 0.1) is 27.6 Å². The molecule has 2 aliphatic heterocycles. The summed E-state index contributed by atoms with van der Waals surface area (Å²) in [6, 6.07) is 10.2. The van der Waals surface area contributed by atoms with Crippen LogP contribution in [-0.4, -0.2) is 19.5 Å². The normalized spacial score (nSPS) is 11.3. The first-order chi connectivity index (χ1) is 16.8. The lowest BCUT2D eigenvalue weighted by atomic mass is 10.0. The Morgan fingerprint density at radius 1 is 1.03 bits per heavy atom. The van der Waals surface area contributed by atoms with Crippen molar-refractivity contribution in [1.29, 1.82) is 0 Å². The molecule has 2 aromatic carbocycles. The Hall–Kier alpha value is -4.67. The predicted octanol–water partition coefficient (Wildman–Crippen LogP) is 4.77. The van der Waals surface area contributed by atoms with E-state index < -0.39 is 40.0 Å². The number of benzene rings is 2. The second kappa shape index (κ2) is 8.60. The topological polar surface area (TPSA) is 107 Å². The van der Waals surface area contributed by atoms with Crippen LogP contribution in [-0.2, 0) is 12.8 Å². The number of rotatable bonds is 6. The fourth-order valence-corrected chi connectivity index (χ4v) is 3.98. The molecule has 11 heteroatoms. The first-order valence-electron chi connectivity index (χ1n) is 10.4. The van der Waals surface area contributed by atoms with Gasteiger partial charge in [0.15, 0.2) is 5.82 Å². The van der Waals surface area contributed by atoms with Gasteiger partial charge < -0.3 is 9.40 Å². The minimum atomic E-state index is -1.16. The molecule has 0 fully saturated rings. The van der Waals surface area contributed by atoms with Gasteiger partial charge in [-0.15, -0.1) is 0 Å². The van der Waals surface area contributed by atoms with Crippen molar-refractivity contribution in [3.8, 4) is 17.1 Å². The number of hydrogen-bond donors (Lipinski definition) is 1. The number of H-pyrrole nitrogens is 1. The van der Waals surface area contributed by atoms with Crippen LogP contribution in [0.2, 0.25) is 0 Å². The van der Waals surface area contributed by atoms with Crippen LogP contribution >= 0.6 is 0 Å². The lowest BCUT2D eigenvalue weighted by Crippen LogP contribution is -2.22. The molecule has 0 spiro atoms. The van der Waals surface area contributed by atoms with Crippen molar-refractivity contribution in [2.75, 3.05) is 0 Å². The summed E-state index contributed by atoms with van der Waals surface area (Å²) in [6.07, 6.45) is 2.36. The first kappa shape index (κ1) is 22.1. The smallest absolute Gasteiger partial charge is 0.305 e. The number of halogens is 3. The highest BCUT2D eigenvalue weighted by Gasteiger charge is 2.27. The van der Waals surface area contributed by atoms with E-state index in [-0.39, 0.29) is 40.4 Å². The molecule has 3 aromatic rings. The zero-order valence-corrected chi connectivity index (χ0v) is 17.8. The maximum absolute atomic E-state index is 15.1. The summed E-state index contributed by atoms with van der Waals surface area (Å²) in [7, 11) is 0. The second-order valence-corrected chi connectivity index (χ2v) is 7.70. The number of nitrogens with one attached hydrogen (secondary N) is 1. The summed E-state index contributed by atoms with van der Waals surface area (Å²) in [6.45, 7) is 0. The highest BCUT2D eigenvalue weighted by Crippen LogP contribution is 2.32. The number of nitrogens with zero attached hydrogens (tertiary/aromatic N) is 3. The van der Waals surface area contributed by atoms with E-state index in [1.165, 1.54) is 30.7 Å². The Balaban J connectivity index is 1.77. The van der Waals surface area contributed by atoms with Gasteiger partial charge in [0.05, 0.1) is 29.0 Å². The molecule has 8 nitrogen and oxygen atoms in total. The molecule has 0 unspecified atom stereocenters. The van der Waals surface area contributed by atoms with Crippen molar-refractivity contribution in [2.24, 2.45) is 0 Å². The van der Waals surface area contributed by atoms with Crippen LogP contribution in [0.3, 0.4) is 0 Å². The molecule has 1 N–H and O–H groups in total. The van der Waals surface area contributed by atoms with Gasteiger partial charge in [-0.25, -0.2) is 13.8 Å². The standard InChI is InChI=1S/C24H15F3N4O4/c25-16-6-2-7-17(26)15(16)11-20-23(14-5-1-8-19(22(14)27)31(33)34)28-12-21-29-18(24(32)30(20)21)10-13-4-3-9-35-13/h1-9,12,28H,10-11H2. The molecule has 5 rings (SSSR count). The van der Waals surface area contributed by atoms with E-state index in [4.69, 9.17) is 4.42 Å². The minimum Gasteiger partial charge on any atom is -0.469 e. The van der Waals surface area contributed by atoms with Gasteiger partial charge in [-0.05, 0) is 30.3 Å². The highest BCUT2D eigenvalue weighted by molar-refractivity contribution is 5.67. The molecule has 0 saturated heterocycles. The van der Waals surface area contributed by atoms with Crippen LogP contribution in [0.5, 0.6) is 0 Å². The average molecular weight is 480 g/mol. The zero-order chi connectivity index (χ0) is 24.7. The predicted molar refractivity (Wildman–Crippen MR) is 118 cm³/mol. The van der Waals surface area contributed by atoms with Gasteiger partial charge in [-0.3, -0.25) is 19.5 Å². The second-order valence-electron chi connectivity index (χ2n) is 7.70. The molecule has 0 radical (unpaired) electrons. The zero-order valence-electron chi connectivity index (χ0n) is 17.8. The number of imidazole rings is 1. The van der Waals surface area contributed by atoms with Gasteiger partial charge >= 0.3 is 5.69 Å². The molecule has 0 saturated carbocycles. The fraction of sp³-hybridized carbons (Fsp3) is 0.0833. The van der Waals surface area contributed by atoms with Crippen LogP contribution in [0.1, 0.15) is 22.7 Å². The van der Waals surface area contributed by atoms with Crippen molar-refractivity contribution in [3.05, 3.63) is 122 Å². The third-order valence-corrected chi connectivity index (χ3v) is 5.60. The molecule has 0 amide bonds. The lowest BCUT2D eigenvalue weighted by molar-refractivity contribution is -0.387. The summed E-state index contributed by atoms with van der Waals surface area (Å²) in [4.78, 5) is 30.8. The van der Waals surface area contributed by atoms with Gasteiger partial charge in [0.1, 0.15) is 23.1 Å². The quantitative estimate of drug-likeness (QED) is 0.278. The third-order valence-electron chi connectivity index (χ3n) is 5.60. The summed E-state index contributed by atoms with van der Waals surface area (Å²) in [5, 5.41) is 11.3. The minimum absolute atomic E-state index is 0.0194. The number of nitro groups is 1. The average Bonchev–Trinajstić information content (AvgIpc) is 3.45. The number of fused-ring (bicyclic) bond motifs is 1. The molecular weight excluding hydrogens is 465 g/mol. The van der Waals surface area contributed by atoms with E-state index in [2.05, 4.69) is 9.97 Å². The van der Waals surface area contributed by atoms with Crippen LogP contribution < -0.4 is 5.56 Å². The SMILES string of the molecule is O=c1c(Cc2ccco2)nc2c[nH]c(-c3cccc([N+](=O)[O-])c3F)c(Cc3c(F)cccc3F)n1-2. The van der Waals surface area contributed by atoms with Crippen LogP contribution in [0.4, 0.5) is 18.9 Å². The highest BCUT2D eigenvalue weighted by atomic mass is 19.1. The molecule has 2 aliphatic rings. The summed E-state index contributed by atoms with van der Waals surface area (Å²) < 4.78 is 50.6. The summed E-state index contributed by atoms with van der Waals surface area (Å²) in [5.41, 5.74) is -1.96. The van der Waals surface area contributed by atoms with E-state index >= 15 is 4.39 Å². The summed E-state index contributed by atoms with van der Waals surface area (Å²) in [5.74, 6) is -2.29. The monoisotopic (exact) mass is 480 g/mol. The molecule has 0 bridgehead atoms. The number of aromatic nitrogens is 3. The van der Waals surface area contributed by atoms with Crippen LogP contribution in [0.15, 0.2) is 70.2 Å². The Morgan fingerprint density at radius 2 is 1.77 bits per heavy atom. The van der Waals surface area contributed by atoms with Crippen molar-refractivity contribution < 1.29 is 22.5 Å². The Morgan fingerprint density at radius 3 is 2.46 bits per heavy atom. The number of nitro benzene ring substituents is 1. The first-order valence-corrected chi connectivity index (χ1v) is 10.4. The largest absolute Gasteiger partial charge is 0.469 e. The van der Waals surface area contributed by atoms with Gasteiger partial charge in [-0.1, -0.05) is 12.1 Å². The molecule has 1 aromatic heterocycles. The van der Waals surface area contributed by atoms with Gasteiger partial charge in [-0.2, -0.15) is 4.39 Å². The third kappa shape index (κ3) is 3.86. The van der Waals surface area contributed by atoms with Crippen molar-refractivity contribution >= 4 is 5.69 Å². The maximum atomic E-state index is 15.1. The van der Waals surface area contributed by atoms with E-state index in [0.717, 1.165) is 22.8 Å². The van der Waals surface area contributed by atoms with Gasteiger partial charge in [0.25, 0.3) is 5.56 Å². The number of furan rings is 1. The van der Waals surface area contributed by atoms with Crippen molar-refractivity contribution in [1.82, 2.24) is 14.5 Å². The van der Waals surface area contributed by atoms with Crippen molar-refractivity contribution in [3.63, 3.8) is 0 Å². The Kier molecular flexibility index (Phi) is 5.44. The molecule has 35 heavy (non-hydrogen) atoms. The summed E-state index contributed by atoms with van der Waals surface area (Å²) >= 11 is 0.